The summed E-state index contributed by atoms with van der Waals surface area (Å²) in [6.07, 6.45) is 0. The van der Waals surface area contributed by atoms with Crippen LogP contribution in [0.5, 0.6) is 0 Å². The molecule has 0 radical (unpaired) electrons. The lowest BCUT2D eigenvalue weighted by Crippen LogP contribution is -2.22. The van der Waals surface area contributed by atoms with Gasteiger partial charge in [0.2, 0.25) is 0 Å². The second-order valence-electron chi connectivity index (χ2n) is 5.11. The van der Waals surface area contributed by atoms with E-state index in [2.05, 4.69) is 46.7 Å². The third kappa shape index (κ3) is 5.02. The number of rotatable bonds is 6. The average Bonchev–Trinajstić information content (AvgIpc) is 2.65. The lowest BCUT2D eigenvalue weighted by Gasteiger charge is -2.15. The molecule has 1 aromatic rings. The Hall–Kier alpha value is -0.643. The summed E-state index contributed by atoms with van der Waals surface area (Å²) in [5.41, 5.74) is 1.41. The predicted molar refractivity (Wildman–Crippen MR) is 73.7 cm³/mol. The standard InChI is InChI=1S/C11H18BrN3OSi/c1-17(2,3)5-4-16-9-15-11(8-13)6-10(7-12)14-15/h6H,4-5,7,9H2,1-3H3. The molecular formula is C11H18BrN3OSi. The van der Waals surface area contributed by atoms with Crippen LogP contribution in [-0.4, -0.2) is 24.5 Å². The minimum Gasteiger partial charge on any atom is -0.359 e. The minimum absolute atomic E-state index is 0.361. The predicted octanol–water partition coefficient (Wildman–Crippen LogP) is 2.96. The molecule has 0 amide bonds. The summed E-state index contributed by atoms with van der Waals surface area (Å²) in [5.74, 6) is 0. The van der Waals surface area contributed by atoms with Crippen LogP contribution in [0.25, 0.3) is 0 Å². The van der Waals surface area contributed by atoms with Gasteiger partial charge in [0, 0.05) is 20.0 Å². The van der Waals surface area contributed by atoms with Gasteiger partial charge in [0.25, 0.3) is 0 Å². The van der Waals surface area contributed by atoms with Crippen molar-refractivity contribution in [2.45, 2.75) is 37.7 Å². The molecule has 1 heterocycles. The minimum atomic E-state index is -1.05. The van der Waals surface area contributed by atoms with Crippen molar-refractivity contribution in [2.75, 3.05) is 6.61 Å². The molecule has 0 aromatic carbocycles. The number of halogens is 1. The Kier molecular flexibility index (Phi) is 5.37. The maximum atomic E-state index is 8.94. The van der Waals surface area contributed by atoms with Crippen molar-refractivity contribution >= 4 is 24.0 Å². The van der Waals surface area contributed by atoms with E-state index in [1.807, 2.05) is 0 Å². The van der Waals surface area contributed by atoms with Crippen molar-refractivity contribution < 1.29 is 4.74 Å². The SMILES string of the molecule is C[Si](C)(C)CCOCn1nc(CBr)cc1C#N. The zero-order valence-corrected chi connectivity index (χ0v) is 13.1. The highest BCUT2D eigenvalue weighted by Gasteiger charge is 2.12. The summed E-state index contributed by atoms with van der Waals surface area (Å²) in [7, 11) is -1.05. The van der Waals surface area contributed by atoms with E-state index in [0.29, 0.717) is 17.8 Å². The van der Waals surface area contributed by atoms with Gasteiger partial charge in [0.15, 0.2) is 0 Å². The average molecular weight is 316 g/mol. The molecule has 1 rings (SSSR count). The number of aromatic nitrogens is 2. The zero-order valence-electron chi connectivity index (χ0n) is 10.5. The maximum Gasteiger partial charge on any atom is 0.141 e. The number of nitrogens with zero attached hydrogens (tertiary/aromatic N) is 3. The first-order valence-electron chi connectivity index (χ1n) is 5.57. The molecule has 0 atom stereocenters. The molecule has 0 aliphatic rings. The molecule has 0 saturated carbocycles. The smallest absolute Gasteiger partial charge is 0.141 e. The van der Waals surface area contributed by atoms with Crippen LogP contribution >= 0.6 is 15.9 Å². The molecule has 0 bridgehead atoms. The molecule has 0 spiro atoms. The van der Waals surface area contributed by atoms with E-state index in [9.17, 15) is 0 Å². The second kappa shape index (κ2) is 6.33. The van der Waals surface area contributed by atoms with E-state index >= 15 is 0 Å². The maximum absolute atomic E-state index is 8.94. The molecule has 0 N–H and O–H groups in total. The molecule has 4 nitrogen and oxygen atoms in total. The van der Waals surface area contributed by atoms with Gasteiger partial charge in [-0.1, -0.05) is 35.6 Å². The molecular weight excluding hydrogens is 298 g/mol. The Balaban J connectivity index is 2.46. The third-order valence-electron chi connectivity index (χ3n) is 2.29. The van der Waals surface area contributed by atoms with Crippen LogP contribution in [0.2, 0.25) is 25.7 Å². The first-order chi connectivity index (χ1) is 7.96. The topological polar surface area (TPSA) is 50.8 Å². The van der Waals surface area contributed by atoms with Gasteiger partial charge >= 0.3 is 0 Å². The molecule has 0 fully saturated rings. The quantitative estimate of drug-likeness (QED) is 0.460. The first kappa shape index (κ1) is 14.4. The molecule has 0 unspecified atom stereocenters. The summed E-state index contributed by atoms with van der Waals surface area (Å²) in [4.78, 5) is 0. The summed E-state index contributed by atoms with van der Waals surface area (Å²) in [6, 6.07) is 5.02. The number of alkyl halides is 1. The number of ether oxygens (including phenoxy) is 1. The van der Waals surface area contributed by atoms with Crippen molar-refractivity contribution in [2.24, 2.45) is 0 Å². The highest BCUT2D eigenvalue weighted by atomic mass is 79.9. The van der Waals surface area contributed by atoms with Crippen molar-refractivity contribution in [1.82, 2.24) is 9.78 Å². The molecule has 0 aliphatic carbocycles. The van der Waals surface area contributed by atoms with Crippen molar-refractivity contribution in [3.05, 3.63) is 17.5 Å². The van der Waals surface area contributed by atoms with Gasteiger partial charge in [-0.25, -0.2) is 4.68 Å². The van der Waals surface area contributed by atoms with Crippen LogP contribution in [0, 0.1) is 11.3 Å². The summed E-state index contributed by atoms with van der Waals surface area (Å²) in [5, 5.41) is 13.9. The monoisotopic (exact) mass is 315 g/mol. The van der Waals surface area contributed by atoms with Crippen LogP contribution in [-0.2, 0) is 16.8 Å². The number of hydrogen-bond donors (Lipinski definition) is 0. The van der Waals surface area contributed by atoms with Crippen molar-refractivity contribution in [1.29, 1.82) is 5.26 Å². The highest BCUT2D eigenvalue weighted by Crippen LogP contribution is 2.10. The lowest BCUT2D eigenvalue weighted by molar-refractivity contribution is 0.0777. The Labute approximate surface area is 112 Å². The van der Waals surface area contributed by atoms with Gasteiger partial charge in [-0.3, -0.25) is 0 Å². The summed E-state index contributed by atoms with van der Waals surface area (Å²) < 4.78 is 7.18. The third-order valence-corrected chi connectivity index (χ3v) is 4.57. The Morgan fingerprint density at radius 2 is 2.24 bits per heavy atom. The summed E-state index contributed by atoms with van der Waals surface area (Å²) >= 11 is 3.32. The molecule has 17 heavy (non-hydrogen) atoms. The highest BCUT2D eigenvalue weighted by molar-refractivity contribution is 9.08. The number of nitriles is 1. The lowest BCUT2D eigenvalue weighted by atomic mass is 10.4. The number of hydrogen-bond acceptors (Lipinski definition) is 3. The van der Waals surface area contributed by atoms with Crippen LogP contribution in [0.3, 0.4) is 0 Å². The van der Waals surface area contributed by atoms with E-state index in [1.165, 1.54) is 0 Å². The van der Waals surface area contributed by atoms with E-state index in [0.717, 1.165) is 18.3 Å². The van der Waals surface area contributed by atoms with Gasteiger partial charge in [-0.05, 0) is 12.1 Å². The fraction of sp³-hybridized carbons (Fsp3) is 0.636. The normalized spacial score (nSPS) is 11.5. The molecule has 0 aliphatic heterocycles. The fourth-order valence-corrected chi connectivity index (χ4v) is 2.28. The Bertz CT molecular complexity index is 406. The molecule has 94 valence electrons. The van der Waals surface area contributed by atoms with E-state index in [4.69, 9.17) is 10.00 Å². The van der Waals surface area contributed by atoms with Gasteiger partial charge in [0.05, 0.1) is 5.69 Å². The van der Waals surface area contributed by atoms with Crippen molar-refractivity contribution in [3.63, 3.8) is 0 Å². The van der Waals surface area contributed by atoms with Gasteiger partial charge < -0.3 is 4.74 Å². The fourth-order valence-electron chi connectivity index (χ4n) is 1.25. The molecule has 1 aromatic heterocycles. The Morgan fingerprint density at radius 3 is 2.76 bits per heavy atom. The first-order valence-corrected chi connectivity index (χ1v) is 10.4. The van der Waals surface area contributed by atoms with Crippen molar-refractivity contribution in [3.8, 4) is 6.07 Å². The zero-order chi connectivity index (χ0) is 12.9. The van der Waals surface area contributed by atoms with E-state index < -0.39 is 8.07 Å². The largest absolute Gasteiger partial charge is 0.359 e. The second-order valence-corrected chi connectivity index (χ2v) is 11.3. The molecule has 0 saturated heterocycles. The van der Waals surface area contributed by atoms with Crippen LogP contribution in [0.4, 0.5) is 0 Å². The van der Waals surface area contributed by atoms with E-state index in [-0.39, 0.29) is 0 Å². The van der Waals surface area contributed by atoms with Crippen LogP contribution < -0.4 is 0 Å². The van der Waals surface area contributed by atoms with E-state index in [1.54, 1.807) is 10.7 Å². The van der Waals surface area contributed by atoms with Crippen LogP contribution in [0.15, 0.2) is 6.07 Å². The molecule has 6 heteroatoms. The van der Waals surface area contributed by atoms with Gasteiger partial charge in [0.1, 0.15) is 18.5 Å². The summed E-state index contributed by atoms with van der Waals surface area (Å²) in [6.45, 7) is 8.04. The van der Waals surface area contributed by atoms with Crippen LogP contribution in [0.1, 0.15) is 11.4 Å². The van der Waals surface area contributed by atoms with Gasteiger partial charge in [-0.15, -0.1) is 0 Å². The Morgan fingerprint density at radius 1 is 1.53 bits per heavy atom. The van der Waals surface area contributed by atoms with Gasteiger partial charge in [-0.2, -0.15) is 10.4 Å².